The third kappa shape index (κ3) is 3.69. The highest BCUT2D eigenvalue weighted by Crippen LogP contribution is 2.29. The van der Waals surface area contributed by atoms with Crippen LogP contribution in [0.4, 0.5) is 9.18 Å². The van der Waals surface area contributed by atoms with Gasteiger partial charge in [-0.3, -0.25) is 4.90 Å². The Morgan fingerprint density at radius 2 is 2.05 bits per heavy atom. The van der Waals surface area contributed by atoms with Gasteiger partial charge >= 0.3 is 6.09 Å². The summed E-state index contributed by atoms with van der Waals surface area (Å²) in [6, 6.07) is 2.66. The Kier molecular flexibility index (Phi) is 4.70. The van der Waals surface area contributed by atoms with Crippen molar-refractivity contribution in [3.8, 4) is 5.75 Å². The summed E-state index contributed by atoms with van der Waals surface area (Å²) < 4.78 is 18.4. The van der Waals surface area contributed by atoms with Crippen LogP contribution < -0.4 is 0 Å². The van der Waals surface area contributed by atoms with Crippen molar-refractivity contribution in [2.75, 3.05) is 7.05 Å². The fourth-order valence-electron chi connectivity index (χ4n) is 1.59. The van der Waals surface area contributed by atoms with Crippen molar-refractivity contribution < 1.29 is 23.8 Å². The third-order valence-corrected chi connectivity index (χ3v) is 2.56. The lowest BCUT2D eigenvalue weighted by atomic mass is 10.1. The monoisotopic (exact) mass is 283 g/mol. The number of carbonyl (C=O) groups excluding carboxylic acids is 2. The van der Waals surface area contributed by atoms with E-state index >= 15 is 0 Å². The number of ether oxygens (including phenoxy) is 1. The second kappa shape index (κ2) is 5.90. The maximum absolute atomic E-state index is 13.3. The van der Waals surface area contributed by atoms with Crippen LogP contribution in [0.15, 0.2) is 18.2 Å². The largest absolute Gasteiger partial charge is 0.505 e. The van der Waals surface area contributed by atoms with Gasteiger partial charge in [-0.25, -0.2) is 9.18 Å². The maximum Gasteiger partial charge on any atom is 0.410 e. The van der Waals surface area contributed by atoms with Crippen LogP contribution in [0.1, 0.15) is 32.4 Å². The van der Waals surface area contributed by atoms with Crippen LogP contribution in [0, 0.1) is 5.82 Å². The summed E-state index contributed by atoms with van der Waals surface area (Å²) in [6.07, 6.45) is -0.295. The SMILES string of the molecule is CN(C(=O)OC(C)(C)C)C(C=O)c1cccc(F)c1O. The number of halogens is 1. The number of nitrogens with zero attached hydrogens (tertiary/aromatic N) is 1. The van der Waals surface area contributed by atoms with Crippen molar-refractivity contribution in [3.63, 3.8) is 0 Å². The molecule has 0 aliphatic heterocycles. The predicted molar refractivity (Wildman–Crippen MR) is 70.9 cm³/mol. The Morgan fingerprint density at radius 3 is 2.55 bits per heavy atom. The Labute approximate surface area is 117 Å². The molecule has 0 aromatic heterocycles. The number of aromatic hydroxyl groups is 1. The summed E-state index contributed by atoms with van der Waals surface area (Å²) in [5.41, 5.74) is -0.712. The number of phenolic OH excluding ortho intramolecular Hbond substituents is 1. The third-order valence-electron chi connectivity index (χ3n) is 2.56. The number of hydrogen-bond acceptors (Lipinski definition) is 4. The van der Waals surface area contributed by atoms with Crippen LogP contribution in [-0.4, -0.2) is 35.0 Å². The molecular weight excluding hydrogens is 265 g/mol. The van der Waals surface area contributed by atoms with Gasteiger partial charge in [-0.15, -0.1) is 0 Å². The average Bonchev–Trinajstić information content (AvgIpc) is 2.33. The van der Waals surface area contributed by atoms with Gasteiger partial charge in [0.2, 0.25) is 0 Å². The number of phenols is 1. The van der Waals surface area contributed by atoms with Crippen LogP contribution in [0.3, 0.4) is 0 Å². The van der Waals surface area contributed by atoms with Crippen LogP contribution in [-0.2, 0) is 9.53 Å². The lowest BCUT2D eigenvalue weighted by Gasteiger charge is -2.28. The van der Waals surface area contributed by atoms with Gasteiger partial charge in [0, 0.05) is 12.6 Å². The van der Waals surface area contributed by atoms with Crippen molar-refractivity contribution in [3.05, 3.63) is 29.6 Å². The minimum Gasteiger partial charge on any atom is -0.505 e. The number of hydrogen-bond donors (Lipinski definition) is 1. The molecule has 0 radical (unpaired) electrons. The van der Waals surface area contributed by atoms with Gasteiger partial charge < -0.3 is 14.6 Å². The van der Waals surface area contributed by atoms with Crippen LogP contribution in [0.25, 0.3) is 0 Å². The topological polar surface area (TPSA) is 66.8 Å². The van der Waals surface area contributed by atoms with Gasteiger partial charge in [0.15, 0.2) is 11.6 Å². The van der Waals surface area contributed by atoms with Gasteiger partial charge in [-0.2, -0.15) is 0 Å². The molecule has 0 fully saturated rings. The molecule has 0 spiro atoms. The molecule has 1 N–H and O–H groups in total. The van der Waals surface area contributed by atoms with Crippen molar-refractivity contribution in [2.24, 2.45) is 0 Å². The lowest BCUT2D eigenvalue weighted by molar-refractivity contribution is -0.112. The summed E-state index contributed by atoms with van der Waals surface area (Å²) in [7, 11) is 1.34. The van der Waals surface area contributed by atoms with E-state index in [-0.39, 0.29) is 5.56 Å². The first-order chi connectivity index (χ1) is 9.17. The second-order valence-corrected chi connectivity index (χ2v) is 5.35. The average molecular weight is 283 g/mol. The number of para-hydroxylation sites is 1. The first kappa shape index (κ1) is 15.9. The predicted octanol–water partition coefficient (Wildman–Crippen LogP) is 2.64. The normalized spacial score (nSPS) is 12.7. The highest BCUT2D eigenvalue weighted by Gasteiger charge is 2.28. The number of benzene rings is 1. The first-order valence-corrected chi connectivity index (χ1v) is 6.06. The Balaban J connectivity index is 3.04. The van der Waals surface area contributed by atoms with E-state index in [1.54, 1.807) is 20.8 Å². The standard InChI is InChI=1S/C14H18FNO4/c1-14(2,3)20-13(19)16(4)11(8-17)9-6-5-7-10(15)12(9)18/h5-8,11,18H,1-4H3. The Morgan fingerprint density at radius 1 is 1.45 bits per heavy atom. The highest BCUT2D eigenvalue weighted by molar-refractivity contribution is 5.75. The molecule has 1 aromatic rings. The van der Waals surface area contributed by atoms with Gasteiger partial charge in [0.1, 0.15) is 17.9 Å². The molecule has 5 nitrogen and oxygen atoms in total. The molecule has 1 aromatic carbocycles. The zero-order valence-electron chi connectivity index (χ0n) is 11.9. The lowest BCUT2D eigenvalue weighted by Crippen LogP contribution is -2.37. The summed E-state index contributed by atoms with van der Waals surface area (Å²) in [5, 5.41) is 9.65. The fraction of sp³-hybridized carbons (Fsp3) is 0.429. The minimum atomic E-state index is -1.12. The molecule has 20 heavy (non-hydrogen) atoms. The molecule has 1 atom stereocenters. The Hall–Kier alpha value is -2.11. The molecule has 1 amide bonds. The fourth-order valence-corrected chi connectivity index (χ4v) is 1.59. The highest BCUT2D eigenvalue weighted by atomic mass is 19.1. The van der Waals surface area contributed by atoms with Crippen LogP contribution in [0.2, 0.25) is 0 Å². The quantitative estimate of drug-likeness (QED) is 0.866. The van der Waals surface area contributed by atoms with Gasteiger partial charge in [-0.05, 0) is 26.8 Å². The van der Waals surface area contributed by atoms with Gasteiger partial charge in [0.05, 0.1) is 0 Å². The van der Waals surface area contributed by atoms with E-state index in [2.05, 4.69) is 0 Å². The zero-order chi connectivity index (χ0) is 15.5. The maximum atomic E-state index is 13.3. The van der Waals surface area contributed by atoms with Crippen molar-refractivity contribution in [1.29, 1.82) is 0 Å². The smallest absolute Gasteiger partial charge is 0.410 e. The number of carbonyl (C=O) groups is 2. The van der Waals surface area contributed by atoms with E-state index in [9.17, 15) is 19.1 Å². The van der Waals surface area contributed by atoms with Crippen molar-refractivity contribution in [2.45, 2.75) is 32.4 Å². The number of likely N-dealkylation sites (N-methyl/N-ethyl adjacent to an activating group) is 1. The molecule has 0 heterocycles. The number of rotatable bonds is 3. The molecule has 0 bridgehead atoms. The number of aldehydes is 1. The molecule has 0 saturated carbocycles. The molecule has 6 heteroatoms. The van der Waals surface area contributed by atoms with E-state index < -0.39 is 29.3 Å². The summed E-state index contributed by atoms with van der Waals surface area (Å²) in [4.78, 5) is 24.1. The molecule has 1 unspecified atom stereocenters. The van der Waals surface area contributed by atoms with E-state index in [0.717, 1.165) is 11.0 Å². The van der Waals surface area contributed by atoms with Crippen LogP contribution in [0.5, 0.6) is 5.75 Å². The van der Waals surface area contributed by atoms with Gasteiger partial charge in [0.25, 0.3) is 0 Å². The molecule has 110 valence electrons. The van der Waals surface area contributed by atoms with Crippen LogP contribution >= 0.6 is 0 Å². The molecule has 1 rings (SSSR count). The molecular formula is C14H18FNO4. The molecule has 0 aliphatic rings. The summed E-state index contributed by atoms with van der Waals surface area (Å²) in [5.74, 6) is -1.51. The second-order valence-electron chi connectivity index (χ2n) is 5.35. The number of amides is 1. The molecule has 0 saturated heterocycles. The molecule has 0 aliphatic carbocycles. The van der Waals surface area contributed by atoms with Gasteiger partial charge in [-0.1, -0.05) is 12.1 Å². The first-order valence-electron chi connectivity index (χ1n) is 6.06. The van der Waals surface area contributed by atoms with Crippen molar-refractivity contribution >= 4 is 12.4 Å². The van der Waals surface area contributed by atoms with E-state index in [1.807, 2.05) is 0 Å². The summed E-state index contributed by atoms with van der Waals surface area (Å²) in [6.45, 7) is 5.07. The van der Waals surface area contributed by atoms with E-state index in [0.29, 0.717) is 6.29 Å². The minimum absolute atomic E-state index is 0.00774. The van der Waals surface area contributed by atoms with Crippen molar-refractivity contribution in [1.82, 2.24) is 4.90 Å². The Bertz CT molecular complexity index is 510. The zero-order valence-corrected chi connectivity index (χ0v) is 11.9. The van der Waals surface area contributed by atoms with E-state index in [4.69, 9.17) is 4.74 Å². The van der Waals surface area contributed by atoms with E-state index in [1.165, 1.54) is 19.2 Å². The summed E-state index contributed by atoms with van der Waals surface area (Å²) >= 11 is 0.